The Hall–Kier alpha value is -3.51. The Labute approximate surface area is 187 Å². The van der Waals surface area contributed by atoms with Crippen LogP contribution in [0.5, 0.6) is 0 Å². The van der Waals surface area contributed by atoms with Crippen molar-refractivity contribution in [2.45, 2.75) is 6.42 Å². The molecule has 0 spiro atoms. The molecule has 1 heterocycles. The number of hydrogen-bond donors (Lipinski definition) is 0. The van der Waals surface area contributed by atoms with E-state index in [0.29, 0.717) is 21.9 Å². The van der Waals surface area contributed by atoms with E-state index in [1.54, 1.807) is 30.3 Å². The summed E-state index contributed by atoms with van der Waals surface area (Å²) in [7, 11) is 1.23. The number of carbonyl (C=O) groups is 2. The quantitative estimate of drug-likeness (QED) is 0.385. The number of benzene rings is 3. The van der Waals surface area contributed by atoms with Gasteiger partial charge in [0.25, 0.3) is 5.56 Å². The summed E-state index contributed by atoms with van der Waals surface area (Å²) < 4.78 is 6.72. The van der Waals surface area contributed by atoms with Crippen molar-refractivity contribution in [3.63, 3.8) is 0 Å². The van der Waals surface area contributed by atoms with Crippen molar-refractivity contribution >= 4 is 38.6 Å². The van der Waals surface area contributed by atoms with Gasteiger partial charge in [-0.2, -0.15) is 0 Å². The molecular weight excluding hydrogens is 458 g/mol. The maximum atomic E-state index is 13.4. The number of fused-ring (bicyclic) bond motifs is 1. The highest BCUT2D eigenvalue weighted by atomic mass is 79.9. The smallest absolute Gasteiger partial charge is 0.355 e. The maximum absolute atomic E-state index is 13.4. The van der Waals surface area contributed by atoms with E-state index in [1.165, 1.54) is 7.11 Å². The summed E-state index contributed by atoms with van der Waals surface area (Å²) in [5, 5.41) is 0.908. The minimum Gasteiger partial charge on any atom is -0.464 e. The highest BCUT2D eigenvalue weighted by molar-refractivity contribution is 9.10. The Morgan fingerprint density at radius 3 is 2.19 bits per heavy atom. The fourth-order valence-electron chi connectivity index (χ4n) is 3.65. The van der Waals surface area contributed by atoms with Gasteiger partial charge in [0.05, 0.1) is 13.5 Å². The van der Waals surface area contributed by atoms with Crippen LogP contribution in [0.2, 0.25) is 0 Å². The van der Waals surface area contributed by atoms with Crippen LogP contribution in [0.4, 0.5) is 0 Å². The number of ether oxygens (including phenoxy) is 1. The van der Waals surface area contributed by atoms with Gasteiger partial charge in [-0.1, -0.05) is 76.6 Å². The van der Waals surface area contributed by atoms with E-state index in [4.69, 9.17) is 4.74 Å². The van der Waals surface area contributed by atoms with Crippen LogP contribution in [0.15, 0.2) is 88.1 Å². The lowest BCUT2D eigenvalue weighted by Gasteiger charge is -2.18. The summed E-state index contributed by atoms with van der Waals surface area (Å²) >= 11 is 3.44. The Kier molecular flexibility index (Phi) is 5.82. The van der Waals surface area contributed by atoms with Crippen molar-refractivity contribution in [3.8, 4) is 11.1 Å². The van der Waals surface area contributed by atoms with E-state index in [-0.39, 0.29) is 12.1 Å². The van der Waals surface area contributed by atoms with Crippen molar-refractivity contribution in [1.82, 2.24) is 4.57 Å². The summed E-state index contributed by atoms with van der Waals surface area (Å²) in [6.45, 7) is 0. The van der Waals surface area contributed by atoms with Gasteiger partial charge in [-0.3, -0.25) is 9.59 Å². The van der Waals surface area contributed by atoms with Crippen LogP contribution in [-0.2, 0) is 11.2 Å². The zero-order valence-electron chi connectivity index (χ0n) is 16.7. The van der Waals surface area contributed by atoms with Crippen LogP contribution in [0.1, 0.15) is 20.8 Å². The molecule has 0 fully saturated rings. The van der Waals surface area contributed by atoms with Crippen LogP contribution >= 0.6 is 15.9 Å². The molecule has 4 rings (SSSR count). The van der Waals surface area contributed by atoms with E-state index >= 15 is 0 Å². The molecule has 0 atom stereocenters. The standard InChI is InChI=1S/C25H18BrNO4/c1-31-25(30)23-22(17-10-6-3-7-11-17)20-15-18(26)12-13-19(20)24(29)27(23)21(28)14-16-8-4-2-5-9-16/h2-13,15H,14H2,1H3. The molecule has 0 aliphatic heterocycles. The summed E-state index contributed by atoms with van der Waals surface area (Å²) in [6, 6.07) is 23.5. The topological polar surface area (TPSA) is 65.4 Å². The lowest BCUT2D eigenvalue weighted by molar-refractivity contribution is 0.0580. The number of aromatic nitrogens is 1. The number of rotatable bonds is 4. The average molecular weight is 476 g/mol. The molecule has 6 heteroatoms. The van der Waals surface area contributed by atoms with Gasteiger partial charge in [-0.15, -0.1) is 0 Å². The highest BCUT2D eigenvalue weighted by Gasteiger charge is 2.27. The number of halogens is 1. The largest absolute Gasteiger partial charge is 0.464 e. The summed E-state index contributed by atoms with van der Waals surface area (Å²) in [4.78, 5) is 39.7. The van der Waals surface area contributed by atoms with E-state index in [2.05, 4.69) is 15.9 Å². The van der Waals surface area contributed by atoms with Crippen molar-refractivity contribution in [1.29, 1.82) is 0 Å². The van der Waals surface area contributed by atoms with Crippen molar-refractivity contribution in [2.75, 3.05) is 7.11 Å². The zero-order valence-corrected chi connectivity index (χ0v) is 18.3. The normalized spacial score (nSPS) is 10.8. The summed E-state index contributed by atoms with van der Waals surface area (Å²) in [5.41, 5.74) is 1.29. The summed E-state index contributed by atoms with van der Waals surface area (Å²) in [6.07, 6.45) is -0.0268. The second-order valence-electron chi connectivity index (χ2n) is 6.97. The Balaban J connectivity index is 2.09. The van der Waals surface area contributed by atoms with Gasteiger partial charge >= 0.3 is 5.97 Å². The van der Waals surface area contributed by atoms with Gasteiger partial charge in [-0.25, -0.2) is 9.36 Å². The number of pyridine rings is 1. The van der Waals surface area contributed by atoms with Crippen LogP contribution < -0.4 is 5.56 Å². The Morgan fingerprint density at radius 2 is 1.55 bits per heavy atom. The molecule has 5 nitrogen and oxygen atoms in total. The number of nitrogens with zero attached hydrogens (tertiary/aromatic N) is 1. The fraction of sp³-hybridized carbons (Fsp3) is 0.0800. The highest BCUT2D eigenvalue weighted by Crippen LogP contribution is 2.33. The number of esters is 1. The van der Waals surface area contributed by atoms with Crippen molar-refractivity contribution < 1.29 is 14.3 Å². The van der Waals surface area contributed by atoms with Crippen LogP contribution in [0, 0.1) is 0 Å². The average Bonchev–Trinajstić information content (AvgIpc) is 2.79. The van der Waals surface area contributed by atoms with Crippen LogP contribution in [0.25, 0.3) is 21.9 Å². The van der Waals surface area contributed by atoms with Gasteiger partial charge in [0, 0.05) is 15.4 Å². The maximum Gasteiger partial charge on any atom is 0.355 e. The molecule has 31 heavy (non-hydrogen) atoms. The van der Waals surface area contributed by atoms with Crippen LogP contribution in [0.3, 0.4) is 0 Å². The van der Waals surface area contributed by atoms with Gasteiger partial charge < -0.3 is 4.74 Å². The molecule has 0 unspecified atom stereocenters. The van der Waals surface area contributed by atoms with Gasteiger partial charge in [0.15, 0.2) is 0 Å². The van der Waals surface area contributed by atoms with Crippen LogP contribution in [-0.4, -0.2) is 23.6 Å². The Morgan fingerprint density at radius 1 is 0.903 bits per heavy atom. The zero-order chi connectivity index (χ0) is 22.0. The second kappa shape index (κ2) is 8.70. The molecule has 4 aromatic rings. The molecule has 0 aliphatic rings. The lowest BCUT2D eigenvalue weighted by atomic mass is 9.96. The first-order valence-corrected chi connectivity index (χ1v) is 10.4. The third kappa shape index (κ3) is 3.94. The SMILES string of the molecule is COC(=O)c1c(-c2ccccc2)c2cc(Br)ccc2c(=O)n1C(=O)Cc1ccccc1. The predicted molar refractivity (Wildman–Crippen MR) is 123 cm³/mol. The monoisotopic (exact) mass is 475 g/mol. The Bertz CT molecular complexity index is 1350. The van der Waals surface area contributed by atoms with Gasteiger partial charge in [-0.05, 0) is 34.7 Å². The molecule has 0 aliphatic carbocycles. The van der Waals surface area contributed by atoms with E-state index in [1.807, 2.05) is 48.5 Å². The molecule has 3 aromatic carbocycles. The molecule has 0 amide bonds. The molecule has 1 aromatic heterocycles. The predicted octanol–water partition coefficient (Wildman–Crippen LogP) is 5.10. The fourth-order valence-corrected chi connectivity index (χ4v) is 4.01. The third-order valence-electron chi connectivity index (χ3n) is 5.03. The first-order chi connectivity index (χ1) is 15.0. The van der Waals surface area contributed by atoms with Crippen molar-refractivity contribution in [2.24, 2.45) is 0 Å². The van der Waals surface area contributed by atoms with Gasteiger partial charge in [0.1, 0.15) is 5.69 Å². The van der Waals surface area contributed by atoms with E-state index < -0.39 is 17.4 Å². The molecule has 0 saturated heterocycles. The lowest BCUT2D eigenvalue weighted by Crippen LogP contribution is -2.34. The number of carbonyl (C=O) groups excluding carboxylic acids is 2. The van der Waals surface area contributed by atoms with E-state index in [0.717, 1.165) is 14.6 Å². The molecule has 0 saturated carbocycles. The molecule has 0 N–H and O–H groups in total. The number of methoxy groups -OCH3 is 1. The number of hydrogen-bond acceptors (Lipinski definition) is 4. The summed E-state index contributed by atoms with van der Waals surface area (Å²) in [5.74, 6) is -1.25. The van der Waals surface area contributed by atoms with Gasteiger partial charge in [0.2, 0.25) is 5.91 Å². The van der Waals surface area contributed by atoms with E-state index in [9.17, 15) is 14.4 Å². The molecule has 154 valence electrons. The molecule has 0 bridgehead atoms. The van der Waals surface area contributed by atoms with Crippen molar-refractivity contribution in [3.05, 3.63) is 105 Å². The minimum absolute atomic E-state index is 0.0268. The third-order valence-corrected chi connectivity index (χ3v) is 5.53. The molecular formula is C25H18BrNO4. The second-order valence-corrected chi connectivity index (χ2v) is 7.88. The minimum atomic E-state index is -0.751. The molecule has 0 radical (unpaired) electrons. The first-order valence-electron chi connectivity index (χ1n) is 9.60. The first kappa shape index (κ1) is 20.8.